The number of rotatable bonds is 5. The average molecular weight is 238 g/mol. The fraction of sp³-hybridized carbons (Fsp3) is 0.538. The predicted octanol–water partition coefficient (Wildman–Crippen LogP) is 2.25. The molecular formula is C13H19FN2O. The second-order valence-electron chi connectivity index (χ2n) is 4.42. The average Bonchev–Trinajstić information content (AvgIpc) is 2.82. The number of benzene rings is 1. The molecule has 1 aliphatic rings. The molecule has 0 radical (unpaired) electrons. The molecule has 0 aromatic heterocycles. The molecule has 2 rings (SSSR count). The summed E-state index contributed by atoms with van der Waals surface area (Å²) in [7, 11) is 1.60. The van der Waals surface area contributed by atoms with E-state index in [1.165, 1.54) is 18.6 Å². The van der Waals surface area contributed by atoms with E-state index < -0.39 is 0 Å². The normalized spacial score (nSPS) is 19.3. The first kappa shape index (κ1) is 12.2. The molecule has 0 spiro atoms. The van der Waals surface area contributed by atoms with Crippen molar-refractivity contribution >= 4 is 5.69 Å². The Morgan fingerprint density at radius 1 is 1.53 bits per heavy atom. The van der Waals surface area contributed by atoms with E-state index in [0.717, 1.165) is 37.7 Å². The Bertz CT molecular complexity index is 364. The van der Waals surface area contributed by atoms with Crippen LogP contribution >= 0.6 is 0 Å². The number of hydrogen-bond acceptors (Lipinski definition) is 3. The first-order valence-electron chi connectivity index (χ1n) is 6.07. The van der Waals surface area contributed by atoms with E-state index in [1.807, 2.05) is 0 Å². The van der Waals surface area contributed by atoms with Gasteiger partial charge in [0.1, 0.15) is 11.6 Å². The van der Waals surface area contributed by atoms with Gasteiger partial charge in [0, 0.05) is 12.6 Å². The largest absolute Gasteiger partial charge is 0.495 e. The zero-order valence-corrected chi connectivity index (χ0v) is 10.1. The van der Waals surface area contributed by atoms with Crippen LogP contribution in [0.3, 0.4) is 0 Å². The van der Waals surface area contributed by atoms with Gasteiger partial charge in [-0.25, -0.2) is 4.39 Å². The maximum Gasteiger partial charge on any atom is 0.142 e. The molecule has 17 heavy (non-hydrogen) atoms. The highest BCUT2D eigenvalue weighted by Crippen LogP contribution is 2.25. The van der Waals surface area contributed by atoms with Crippen molar-refractivity contribution in [3.63, 3.8) is 0 Å². The molecular weight excluding hydrogens is 219 g/mol. The lowest BCUT2D eigenvalue weighted by molar-refractivity contribution is 0.415. The molecule has 1 fully saturated rings. The number of nitrogens with one attached hydrogen (secondary N) is 2. The molecule has 94 valence electrons. The fourth-order valence-corrected chi connectivity index (χ4v) is 2.19. The summed E-state index contributed by atoms with van der Waals surface area (Å²) in [6, 6.07) is 4.53. The second kappa shape index (κ2) is 5.87. The Labute approximate surface area is 101 Å². The maximum absolute atomic E-state index is 13.1. The van der Waals surface area contributed by atoms with Crippen LogP contribution in [0.15, 0.2) is 18.2 Å². The van der Waals surface area contributed by atoms with E-state index in [4.69, 9.17) is 4.74 Å². The summed E-state index contributed by atoms with van der Waals surface area (Å²) >= 11 is 0. The number of anilines is 1. The molecule has 1 heterocycles. The molecule has 1 aliphatic heterocycles. The molecule has 3 nitrogen and oxygen atoms in total. The lowest BCUT2D eigenvalue weighted by Crippen LogP contribution is -2.13. The first-order valence-corrected chi connectivity index (χ1v) is 6.07. The van der Waals surface area contributed by atoms with Gasteiger partial charge in [0.2, 0.25) is 0 Å². The molecule has 1 aromatic rings. The standard InChI is InChI=1S/C13H19FN2O/c1-17-13-3-2-11(14)8-12(13)16-7-5-10-4-6-15-9-10/h2-3,8,10,15-16H,4-7,9H2,1H3. The van der Waals surface area contributed by atoms with Crippen LogP contribution in [0.4, 0.5) is 10.1 Å². The van der Waals surface area contributed by atoms with E-state index in [2.05, 4.69) is 10.6 Å². The van der Waals surface area contributed by atoms with Crippen molar-refractivity contribution < 1.29 is 9.13 Å². The van der Waals surface area contributed by atoms with Crippen LogP contribution in [0.1, 0.15) is 12.8 Å². The Morgan fingerprint density at radius 2 is 2.41 bits per heavy atom. The zero-order valence-electron chi connectivity index (χ0n) is 10.1. The highest BCUT2D eigenvalue weighted by molar-refractivity contribution is 5.56. The van der Waals surface area contributed by atoms with Gasteiger partial charge in [-0.3, -0.25) is 0 Å². The molecule has 2 N–H and O–H groups in total. The second-order valence-corrected chi connectivity index (χ2v) is 4.42. The zero-order chi connectivity index (χ0) is 12.1. The minimum Gasteiger partial charge on any atom is -0.495 e. The summed E-state index contributed by atoms with van der Waals surface area (Å²) in [6.45, 7) is 3.07. The van der Waals surface area contributed by atoms with Gasteiger partial charge in [-0.05, 0) is 44.0 Å². The number of methoxy groups -OCH3 is 1. The summed E-state index contributed by atoms with van der Waals surface area (Å²) in [5, 5.41) is 6.58. The summed E-state index contributed by atoms with van der Waals surface area (Å²) in [6.07, 6.45) is 2.34. The van der Waals surface area contributed by atoms with Gasteiger partial charge < -0.3 is 15.4 Å². The van der Waals surface area contributed by atoms with E-state index in [0.29, 0.717) is 5.75 Å². The molecule has 1 saturated heterocycles. The highest BCUT2D eigenvalue weighted by Gasteiger charge is 2.13. The van der Waals surface area contributed by atoms with Crippen molar-refractivity contribution in [1.29, 1.82) is 0 Å². The van der Waals surface area contributed by atoms with Gasteiger partial charge >= 0.3 is 0 Å². The van der Waals surface area contributed by atoms with Crippen LogP contribution in [0.5, 0.6) is 5.75 Å². The van der Waals surface area contributed by atoms with Crippen LogP contribution in [-0.2, 0) is 0 Å². The van der Waals surface area contributed by atoms with Gasteiger partial charge in [-0.15, -0.1) is 0 Å². The van der Waals surface area contributed by atoms with Crippen LogP contribution in [-0.4, -0.2) is 26.7 Å². The van der Waals surface area contributed by atoms with Crippen molar-refractivity contribution in [1.82, 2.24) is 5.32 Å². The first-order chi connectivity index (χ1) is 8.29. The third kappa shape index (κ3) is 3.33. The van der Waals surface area contributed by atoms with Gasteiger partial charge in [0.05, 0.1) is 12.8 Å². The monoisotopic (exact) mass is 238 g/mol. The van der Waals surface area contributed by atoms with Gasteiger partial charge in [-0.1, -0.05) is 0 Å². The van der Waals surface area contributed by atoms with Crippen molar-refractivity contribution in [2.75, 3.05) is 32.1 Å². The molecule has 0 amide bonds. The molecule has 0 aliphatic carbocycles. The predicted molar refractivity (Wildman–Crippen MR) is 67.0 cm³/mol. The van der Waals surface area contributed by atoms with Crippen molar-refractivity contribution in [3.05, 3.63) is 24.0 Å². The number of ether oxygens (including phenoxy) is 1. The Balaban J connectivity index is 1.86. The molecule has 1 unspecified atom stereocenters. The van der Waals surface area contributed by atoms with Crippen molar-refractivity contribution in [2.24, 2.45) is 5.92 Å². The van der Waals surface area contributed by atoms with Gasteiger partial charge in [0.15, 0.2) is 0 Å². The summed E-state index contributed by atoms with van der Waals surface area (Å²) in [5.74, 6) is 1.19. The number of halogens is 1. The Hall–Kier alpha value is -1.29. The third-order valence-corrected chi connectivity index (χ3v) is 3.19. The Morgan fingerprint density at radius 3 is 3.12 bits per heavy atom. The van der Waals surface area contributed by atoms with Crippen LogP contribution in [0, 0.1) is 11.7 Å². The lowest BCUT2D eigenvalue weighted by atomic mass is 10.1. The van der Waals surface area contributed by atoms with Gasteiger partial charge in [0.25, 0.3) is 0 Å². The van der Waals surface area contributed by atoms with E-state index in [1.54, 1.807) is 13.2 Å². The van der Waals surface area contributed by atoms with E-state index in [9.17, 15) is 4.39 Å². The molecule has 4 heteroatoms. The minimum absolute atomic E-state index is 0.240. The van der Waals surface area contributed by atoms with Gasteiger partial charge in [-0.2, -0.15) is 0 Å². The topological polar surface area (TPSA) is 33.3 Å². The minimum atomic E-state index is -0.240. The highest BCUT2D eigenvalue weighted by atomic mass is 19.1. The SMILES string of the molecule is COc1ccc(F)cc1NCCC1CCNC1. The smallest absolute Gasteiger partial charge is 0.142 e. The summed E-state index contributed by atoms with van der Waals surface area (Å²) < 4.78 is 18.3. The van der Waals surface area contributed by atoms with Crippen LogP contribution in [0.25, 0.3) is 0 Å². The summed E-state index contributed by atoms with van der Waals surface area (Å²) in [4.78, 5) is 0. The molecule has 1 atom stereocenters. The molecule has 1 aromatic carbocycles. The Kier molecular flexibility index (Phi) is 4.20. The lowest BCUT2D eigenvalue weighted by Gasteiger charge is -2.13. The van der Waals surface area contributed by atoms with Crippen molar-refractivity contribution in [3.8, 4) is 5.75 Å². The maximum atomic E-state index is 13.1. The molecule has 0 saturated carbocycles. The number of hydrogen-bond donors (Lipinski definition) is 2. The quantitative estimate of drug-likeness (QED) is 0.825. The van der Waals surface area contributed by atoms with Crippen LogP contribution in [0.2, 0.25) is 0 Å². The third-order valence-electron chi connectivity index (χ3n) is 3.19. The molecule has 0 bridgehead atoms. The van der Waals surface area contributed by atoms with E-state index >= 15 is 0 Å². The fourth-order valence-electron chi connectivity index (χ4n) is 2.19. The van der Waals surface area contributed by atoms with Crippen LogP contribution < -0.4 is 15.4 Å². The van der Waals surface area contributed by atoms with E-state index in [-0.39, 0.29) is 5.82 Å². The summed E-state index contributed by atoms with van der Waals surface area (Å²) in [5.41, 5.74) is 0.735. The van der Waals surface area contributed by atoms with Crippen molar-refractivity contribution in [2.45, 2.75) is 12.8 Å².